The zero-order chi connectivity index (χ0) is 12.4. The van der Waals surface area contributed by atoms with Crippen LogP contribution in [0.1, 0.15) is 19.4 Å². The third-order valence-corrected chi connectivity index (χ3v) is 3.47. The Morgan fingerprint density at radius 3 is 2.76 bits per heavy atom. The molecule has 3 nitrogen and oxygen atoms in total. The van der Waals surface area contributed by atoms with E-state index in [0.29, 0.717) is 0 Å². The molecule has 0 saturated carbocycles. The van der Waals surface area contributed by atoms with Crippen LogP contribution in [0, 0.1) is 11.8 Å². The molecule has 0 aliphatic carbocycles. The summed E-state index contributed by atoms with van der Waals surface area (Å²) in [6, 6.07) is 7.99. The molecule has 0 saturated heterocycles. The van der Waals surface area contributed by atoms with E-state index in [1.807, 2.05) is 36.9 Å². The molecule has 0 spiro atoms. The number of rotatable bonds is 3. The molecule has 1 N–H and O–H groups in total. The van der Waals surface area contributed by atoms with Gasteiger partial charge < -0.3 is 10.0 Å². The minimum Gasteiger partial charge on any atom is -0.396 e. The Kier molecular flexibility index (Phi) is 3.48. The Bertz CT molecular complexity index is 414. The summed E-state index contributed by atoms with van der Waals surface area (Å²) in [5.41, 5.74) is 2.23. The van der Waals surface area contributed by atoms with E-state index in [1.54, 1.807) is 0 Å². The average molecular weight is 233 g/mol. The van der Waals surface area contributed by atoms with Crippen molar-refractivity contribution in [3.05, 3.63) is 29.8 Å². The van der Waals surface area contributed by atoms with Gasteiger partial charge in [-0.1, -0.05) is 32.0 Å². The highest BCUT2D eigenvalue weighted by molar-refractivity contribution is 5.97. The maximum absolute atomic E-state index is 12.3. The number of aliphatic hydroxyl groups is 1. The van der Waals surface area contributed by atoms with E-state index in [-0.39, 0.29) is 24.3 Å². The normalized spacial score (nSPS) is 16.1. The first-order valence-electron chi connectivity index (χ1n) is 6.15. The molecule has 17 heavy (non-hydrogen) atoms. The maximum atomic E-state index is 12.3. The summed E-state index contributed by atoms with van der Waals surface area (Å²) in [6.45, 7) is 4.61. The second kappa shape index (κ2) is 4.88. The van der Waals surface area contributed by atoms with Gasteiger partial charge in [0.1, 0.15) is 0 Å². The maximum Gasteiger partial charge on any atom is 0.232 e. The van der Waals surface area contributed by atoms with Gasteiger partial charge in [-0.2, -0.15) is 0 Å². The van der Waals surface area contributed by atoms with Gasteiger partial charge in [0.15, 0.2) is 0 Å². The average Bonchev–Trinajstić information content (AvgIpc) is 2.72. The first kappa shape index (κ1) is 12.1. The Labute approximate surface area is 102 Å². The number of carbonyl (C=O) groups excluding carboxylic acids is 1. The third kappa shape index (κ3) is 2.20. The molecule has 1 aromatic rings. The van der Waals surface area contributed by atoms with Crippen LogP contribution >= 0.6 is 0 Å². The molecule has 1 aliphatic heterocycles. The van der Waals surface area contributed by atoms with Gasteiger partial charge in [-0.3, -0.25) is 4.79 Å². The molecule has 1 aromatic carbocycles. The molecule has 0 aromatic heterocycles. The van der Waals surface area contributed by atoms with Gasteiger partial charge >= 0.3 is 0 Å². The van der Waals surface area contributed by atoms with Gasteiger partial charge in [0.05, 0.1) is 12.5 Å². The number of fused-ring (bicyclic) bond motifs is 1. The van der Waals surface area contributed by atoms with E-state index in [4.69, 9.17) is 0 Å². The Morgan fingerprint density at radius 1 is 1.41 bits per heavy atom. The predicted octanol–water partition coefficient (Wildman–Crippen LogP) is 1.84. The summed E-state index contributed by atoms with van der Waals surface area (Å²) in [5.74, 6) is -0.0751. The molecule has 0 fully saturated rings. The van der Waals surface area contributed by atoms with Crippen LogP contribution in [0.15, 0.2) is 24.3 Å². The molecule has 1 atom stereocenters. The number of nitrogens with zero attached hydrogens (tertiary/aromatic N) is 1. The lowest BCUT2D eigenvalue weighted by Crippen LogP contribution is -2.38. The number of hydrogen-bond donors (Lipinski definition) is 1. The van der Waals surface area contributed by atoms with Crippen molar-refractivity contribution >= 4 is 11.6 Å². The summed E-state index contributed by atoms with van der Waals surface area (Å²) in [5, 5.41) is 9.33. The van der Waals surface area contributed by atoms with Crippen LogP contribution in [0.2, 0.25) is 0 Å². The zero-order valence-electron chi connectivity index (χ0n) is 10.4. The van der Waals surface area contributed by atoms with E-state index in [1.165, 1.54) is 5.56 Å². The summed E-state index contributed by atoms with van der Waals surface area (Å²) >= 11 is 0. The first-order chi connectivity index (χ1) is 8.15. The first-order valence-corrected chi connectivity index (χ1v) is 6.15. The lowest BCUT2D eigenvalue weighted by Gasteiger charge is -2.25. The largest absolute Gasteiger partial charge is 0.396 e. The van der Waals surface area contributed by atoms with Crippen molar-refractivity contribution < 1.29 is 9.90 Å². The van der Waals surface area contributed by atoms with Crippen molar-refractivity contribution in [3.63, 3.8) is 0 Å². The minimum atomic E-state index is -0.291. The molecular weight excluding hydrogens is 214 g/mol. The number of amides is 1. The standard InChI is InChI=1S/C14H19NO2/c1-10(2)12(9-16)14(17)15-8-7-11-5-3-4-6-13(11)15/h3-6,10,12,16H,7-9H2,1-2H3. The van der Waals surface area contributed by atoms with Crippen LogP contribution in [0.3, 0.4) is 0 Å². The molecule has 0 radical (unpaired) electrons. The summed E-state index contributed by atoms with van der Waals surface area (Å²) in [6.07, 6.45) is 0.915. The van der Waals surface area contributed by atoms with Crippen molar-refractivity contribution in [3.8, 4) is 0 Å². The van der Waals surface area contributed by atoms with Gasteiger partial charge in [0.2, 0.25) is 5.91 Å². The van der Waals surface area contributed by atoms with Crippen LogP contribution in [-0.2, 0) is 11.2 Å². The summed E-state index contributed by atoms with van der Waals surface area (Å²) in [7, 11) is 0. The topological polar surface area (TPSA) is 40.5 Å². The Morgan fingerprint density at radius 2 is 2.12 bits per heavy atom. The monoisotopic (exact) mass is 233 g/mol. The zero-order valence-corrected chi connectivity index (χ0v) is 10.4. The third-order valence-electron chi connectivity index (χ3n) is 3.47. The molecule has 1 amide bonds. The van der Waals surface area contributed by atoms with Gasteiger partial charge in [-0.15, -0.1) is 0 Å². The number of aliphatic hydroxyl groups excluding tert-OH is 1. The van der Waals surface area contributed by atoms with Gasteiger partial charge in [-0.05, 0) is 24.0 Å². The molecule has 0 bridgehead atoms. The fourth-order valence-corrected chi connectivity index (χ4v) is 2.34. The number of hydrogen-bond acceptors (Lipinski definition) is 2. The molecular formula is C14H19NO2. The van der Waals surface area contributed by atoms with E-state index >= 15 is 0 Å². The number of para-hydroxylation sites is 1. The molecule has 2 rings (SSSR count). The van der Waals surface area contributed by atoms with Gasteiger partial charge in [0, 0.05) is 12.2 Å². The van der Waals surface area contributed by atoms with Crippen LogP contribution in [-0.4, -0.2) is 24.2 Å². The van der Waals surface area contributed by atoms with Crippen molar-refractivity contribution in [2.24, 2.45) is 11.8 Å². The van der Waals surface area contributed by atoms with E-state index in [0.717, 1.165) is 18.7 Å². The molecule has 92 valence electrons. The van der Waals surface area contributed by atoms with Gasteiger partial charge in [0.25, 0.3) is 0 Å². The highest BCUT2D eigenvalue weighted by Gasteiger charge is 2.31. The van der Waals surface area contributed by atoms with Crippen LogP contribution in [0.25, 0.3) is 0 Å². The SMILES string of the molecule is CC(C)C(CO)C(=O)N1CCc2ccccc21. The summed E-state index contributed by atoms with van der Waals surface area (Å²) < 4.78 is 0. The van der Waals surface area contributed by atoms with Crippen molar-refractivity contribution in [1.29, 1.82) is 0 Å². The number of anilines is 1. The molecule has 1 aliphatic rings. The fraction of sp³-hybridized carbons (Fsp3) is 0.500. The van der Waals surface area contributed by atoms with Gasteiger partial charge in [-0.25, -0.2) is 0 Å². The minimum absolute atomic E-state index is 0.0486. The van der Waals surface area contributed by atoms with E-state index in [9.17, 15) is 9.90 Å². The van der Waals surface area contributed by atoms with Crippen LogP contribution < -0.4 is 4.90 Å². The highest BCUT2D eigenvalue weighted by atomic mass is 16.3. The van der Waals surface area contributed by atoms with Crippen LogP contribution in [0.4, 0.5) is 5.69 Å². The van der Waals surface area contributed by atoms with Crippen molar-refractivity contribution in [2.45, 2.75) is 20.3 Å². The van der Waals surface area contributed by atoms with E-state index < -0.39 is 0 Å². The molecule has 1 unspecified atom stereocenters. The second-order valence-corrected chi connectivity index (χ2v) is 4.90. The predicted molar refractivity (Wildman–Crippen MR) is 67.9 cm³/mol. The number of benzene rings is 1. The van der Waals surface area contributed by atoms with Crippen molar-refractivity contribution in [2.75, 3.05) is 18.1 Å². The molecule has 1 heterocycles. The second-order valence-electron chi connectivity index (χ2n) is 4.90. The Hall–Kier alpha value is -1.35. The van der Waals surface area contributed by atoms with E-state index in [2.05, 4.69) is 6.07 Å². The lowest BCUT2D eigenvalue weighted by molar-refractivity contribution is -0.124. The van der Waals surface area contributed by atoms with Crippen LogP contribution in [0.5, 0.6) is 0 Å². The molecule has 3 heteroatoms. The number of carbonyl (C=O) groups is 1. The highest BCUT2D eigenvalue weighted by Crippen LogP contribution is 2.29. The summed E-state index contributed by atoms with van der Waals surface area (Å²) in [4.78, 5) is 14.2. The van der Waals surface area contributed by atoms with Crippen molar-refractivity contribution in [1.82, 2.24) is 0 Å². The lowest BCUT2D eigenvalue weighted by atomic mass is 9.95. The smallest absolute Gasteiger partial charge is 0.232 e. The fourth-order valence-electron chi connectivity index (χ4n) is 2.34. The Balaban J connectivity index is 2.23. The quantitative estimate of drug-likeness (QED) is 0.865.